The van der Waals surface area contributed by atoms with Gasteiger partial charge in [0.25, 0.3) is 0 Å². The van der Waals surface area contributed by atoms with Gasteiger partial charge in [-0.1, -0.05) is 32.2 Å². The predicted molar refractivity (Wildman–Crippen MR) is 202 cm³/mol. The zero-order valence-corrected chi connectivity index (χ0v) is 30.0. The van der Waals surface area contributed by atoms with E-state index in [1.165, 1.54) is 12.5 Å². The number of esters is 2. The maximum atomic E-state index is 13.0. The van der Waals surface area contributed by atoms with Crippen molar-refractivity contribution in [2.24, 2.45) is 0 Å². The molecule has 0 bridgehead atoms. The van der Waals surface area contributed by atoms with Crippen molar-refractivity contribution in [2.45, 2.75) is 64.2 Å². The van der Waals surface area contributed by atoms with Gasteiger partial charge in [0.2, 0.25) is 0 Å². The first-order valence-electron chi connectivity index (χ1n) is 18.1. The SMILES string of the molecule is C=COCCCCCCOc1ccc(C(=O)Oc2ccc3c(c2)C(C)c2cc(OC(=O)c4ccc(OCCCCCCOC=C)cc4)ccc2-3)cc1. The van der Waals surface area contributed by atoms with Gasteiger partial charge < -0.3 is 28.4 Å². The fourth-order valence-corrected chi connectivity index (χ4v) is 6.12. The zero-order chi connectivity index (χ0) is 36.5. The van der Waals surface area contributed by atoms with E-state index < -0.39 is 11.9 Å². The van der Waals surface area contributed by atoms with Gasteiger partial charge in [0.1, 0.15) is 23.0 Å². The number of fused-ring (bicyclic) bond motifs is 3. The monoisotopic (exact) mass is 704 g/mol. The van der Waals surface area contributed by atoms with E-state index in [1.807, 2.05) is 36.4 Å². The van der Waals surface area contributed by atoms with E-state index in [4.69, 9.17) is 28.4 Å². The van der Waals surface area contributed by atoms with Crippen molar-refractivity contribution in [3.8, 4) is 34.1 Å². The molecule has 0 saturated carbocycles. The van der Waals surface area contributed by atoms with Crippen LogP contribution < -0.4 is 18.9 Å². The Kier molecular flexibility index (Phi) is 14.4. The first-order valence-corrected chi connectivity index (χ1v) is 18.1. The Morgan fingerprint density at radius 1 is 0.519 bits per heavy atom. The molecule has 0 aliphatic heterocycles. The highest BCUT2D eigenvalue weighted by Gasteiger charge is 2.27. The number of carbonyl (C=O) groups is 2. The molecule has 8 nitrogen and oxygen atoms in total. The molecule has 272 valence electrons. The molecule has 0 unspecified atom stereocenters. The highest BCUT2D eigenvalue weighted by molar-refractivity contribution is 5.92. The molecule has 8 heteroatoms. The van der Waals surface area contributed by atoms with Gasteiger partial charge in [-0.15, -0.1) is 0 Å². The van der Waals surface area contributed by atoms with Gasteiger partial charge in [-0.25, -0.2) is 9.59 Å². The van der Waals surface area contributed by atoms with Crippen molar-refractivity contribution in [1.82, 2.24) is 0 Å². The zero-order valence-electron chi connectivity index (χ0n) is 30.0. The Bertz CT molecular complexity index is 1650. The fraction of sp³-hybridized carbons (Fsp3) is 0.318. The third kappa shape index (κ3) is 10.8. The summed E-state index contributed by atoms with van der Waals surface area (Å²) in [6.07, 6.45) is 11.1. The lowest BCUT2D eigenvalue weighted by Gasteiger charge is -2.11. The molecule has 5 rings (SSSR count). The maximum absolute atomic E-state index is 13.0. The summed E-state index contributed by atoms with van der Waals surface area (Å²) in [5, 5.41) is 0. The van der Waals surface area contributed by atoms with Gasteiger partial charge in [-0.2, -0.15) is 0 Å². The molecular formula is C44H48O8. The summed E-state index contributed by atoms with van der Waals surface area (Å²) in [6, 6.07) is 25.4. The van der Waals surface area contributed by atoms with Crippen LogP contribution in [0.4, 0.5) is 0 Å². The minimum atomic E-state index is -0.438. The van der Waals surface area contributed by atoms with Crippen LogP contribution in [0.5, 0.6) is 23.0 Å². The van der Waals surface area contributed by atoms with Crippen LogP contribution in [0, 0.1) is 0 Å². The largest absolute Gasteiger partial charge is 0.502 e. The fourth-order valence-electron chi connectivity index (χ4n) is 6.12. The lowest BCUT2D eigenvalue weighted by molar-refractivity contribution is 0.0725. The standard InChI is InChI=1S/C44H48O8/c1-4-47-26-10-6-8-12-28-49-35-18-14-33(15-19-35)43(45)51-37-22-24-39-40-25-23-38(31-42(40)32(3)41(39)30-37)52-44(46)34-16-20-36(21-17-34)50-29-13-9-7-11-27-48-5-2/h4-5,14-25,30-32H,1-2,6-13,26-29H2,3H3. The summed E-state index contributed by atoms with van der Waals surface area (Å²) >= 11 is 0. The van der Waals surface area contributed by atoms with Crippen molar-refractivity contribution >= 4 is 11.9 Å². The van der Waals surface area contributed by atoms with Crippen molar-refractivity contribution in [3.05, 3.63) is 133 Å². The molecule has 0 fully saturated rings. The van der Waals surface area contributed by atoms with Crippen LogP contribution in [0.3, 0.4) is 0 Å². The molecule has 52 heavy (non-hydrogen) atoms. The first-order chi connectivity index (χ1) is 25.5. The summed E-state index contributed by atoms with van der Waals surface area (Å²) in [5.74, 6) is 1.50. The van der Waals surface area contributed by atoms with E-state index in [9.17, 15) is 9.59 Å². The molecule has 0 radical (unpaired) electrons. The van der Waals surface area contributed by atoms with Crippen LogP contribution >= 0.6 is 0 Å². The molecule has 0 saturated heterocycles. The van der Waals surface area contributed by atoms with Crippen LogP contribution in [0.25, 0.3) is 11.1 Å². The van der Waals surface area contributed by atoms with Gasteiger partial charge in [-0.05, 0) is 146 Å². The van der Waals surface area contributed by atoms with Crippen molar-refractivity contribution in [1.29, 1.82) is 0 Å². The smallest absolute Gasteiger partial charge is 0.343 e. The van der Waals surface area contributed by atoms with Crippen molar-refractivity contribution in [3.63, 3.8) is 0 Å². The molecular weight excluding hydrogens is 656 g/mol. The Labute approximate surface area is 307 Å². The Morgan fingerprint density at radius 2 is 0.885 bits per heavy atom. The minimum absolute atomic E-state index is 0.0103. The van der Waals surface area contributed by atoms with Crippen LogP contribution in [0.1, 0.15) is 96.1 Å². The first kappa shape index (κ1) is 37.7. The number of rotatable bonds is 22. The Morgan fingerprint density at radius 3 is 1.27 bits per heavy atom. The van der Waals surface area contributed by atoms with E-state index in [2.05, 4.69) is 20.1 Å². The molecule has 0 N–H and O–H groups in total. The van der Waals surface area contributed by atoms with Crippen LogP contribution in [-0.2, 0) is 9.47 Å². The van der Waals surface area contributed by atoms with E-state index in [-0.39, 0.29) is 5.92 Å². The second-order valence-electron chi connectivity index (χ2n) is 12.6. The molecule has 1 aliphatic carbocycles. The summed E-state index contributed by atoms with van der Waals surface area (Å²) in [4.78, 5) is 26.0. The Hall–Kier alpha value is -5.50. The molecule has 1 aliphatic rings. The molecule has 0 heterocycles. The molecule has 0 spiro atoms. The number of ether oxygens (including phenoxy) is 6. The van der Waals surface area contributed by atoms with Gasteiger partial charge in [0.15, 0.2) is 0 Å². The van der Waals surface area contributed by atoms with E-state index in [0.717, 1.165) is 73.6 Å². The van der Waals surface area contributed by atoms with Crippen molar-refractivity contribution < 1.29 is 38.0 Å². The van der Waals surface area contributed by atoms with Gasteiger partial charge >= 0.3 is 11.9 Å². The summed E-state index contributed by atoms with van der Waals surface area (Å²) in [7, 11) is 0. The average Bonchev–Trinajstić information content (AvgIpc) is 3.44. The normalized spacial score (nSPS) is 11.6. The third-order valence-electron chi connectivity index (χ3n) is 8.96. The van der Waals surface area contributed by atoms with Crippen molar-refractivity contribution in [2.75, 3.05) is 26.4 Å². The van der Waals surface area contributed by atoms with E-state index >= 15 is 0 Å². The summed E-state index contributed by atoms with van der Waals surface area (Å²) in [5.41, 5.74) is 5.08. The molecule has 0 aromatic heterocycles. The molecule has 4 aromatic rings. The number of hydrogen-bond acceptors (Lipinski definition) is 8. The second kappa shape index (κ2) is 19.8. The third-order valence-corrected chi connectivity index (χ3v) is 8.96. The number of carbonyl (C=O) groups excluding carboxylic acids is 2. The highest BCUT2D eigenvalue weighted by Crippen LogP contribution is 2.47. The molecule has 0 amide bonds. The number of benzene rings is 4. The summed E-state index contributed by atoms with van der Waals surface area (Å²) < 4.78 is 33.5. The van der Waals surface area contributed by atoms with Crippen LogP contribution in [0.2, 0.25) is 0 Å². The summed E-state index contributed by atoms with van der Waals surface area (Å²) in [6.45, 7) is 11.8. The Balaban J connectivity index is 1.09. The van der Waals surface area contributed by atoms with Gasteiger partial charge in [0.05, 0.1) is 50.1 Å². The number of unbranched alkanes of at least 4 members (excludes halogenated alkanes) is 6. The second-order valence-corrected chi connectivity index (χ2v) is 12.6. The van der Waals surface area contributed by atoms with E-state index in [1.54, 1.807) is 48.5 Å². The predicted octanol–water partition coefficient (Wildman–Crippen LogP) is 10.5. The van der Waals surface area contributed by atoms with Gasteiger partial charge in [0, 0.05) is 5.92 Å². The lowest BCUT2D eigenvalue weighted by Crippen LogP contribution is -2.09. The van der Waals surface area contributed by atoms with Crippen LogP contribution in [-0.4, -0.2) is 38.4 Å². The number of hydrogen-bond donors (Lipinski definition) is 0. The van der Waals surface area contributed by atoms with Crippen LogP contribution in [0.15, 0.2) is 111 Å². The average molecular weight is 705 g/mol. The maximum Gasteiger partial charge on any atom is 0.343 e. The molecule has 4 aromatic carbocycles. The quantitative estimate of drug-likeness (QED) is 0.0346. The lowest BCUT2D eigenvalue weighted by atomic mass is 9.99. The molecule has 0 atom stereocenters. The van der Waals surface area contributed by atoms with E-state index in [0.29, 0.717) is 60.6 Å². The topological polar surface area (TPSA) is 89.5 Å². The van der Waals surface area contributed by atoms with Gasteiger partial charge in [-0.3, -0.25) is 0 Å². The highest BCUT2D eigenvalue weighted by atomic mass is 16.5. The minimum Gasteiger partial charge on any atom is -0.502 e.